The highest BCUT2D eigenvalue weighted by molar-refractivity contribution is 4.19. The zero-order valence-corrected chi connectivity index (χ0v) is 28.4. The molecule has 0 amide bonds. The van der Waals surface area contributed by atoms with E-state index in [9.17, 15) is 0 Å². The third kappa shape index (κ3) is 49.4. The molecule has 0 unspecified atom stereocenters. The van der Waals surface area contributed by atoms with E-state index in [2.05, 4.69) is 324 Å². The van der Waals surface area contributed by atoms with Gasteiger partial charge >= 0.3 is 0 Å². The fourth-order valence-electron chi connectivity index (χ4n) is 1.06. The van der Waals surface area contributed by atoms with E-state index in [1.807, 2.05) is 0 Å². The largest absolute Gasteiger partial charge is 0.303 e. The van der Waals surface area contributed by atoms with Crippen LogP contribution in [-0.4, -0.2) is 0 Å². The quantitative estimate of drug-likeness (QED) is 0.0396. The highest BCUT2D eigenvalue weighted by Crippen LogP contribution is 1.94. The van der Waals surface area contributed by atoms with Crippen LogP contribution in [-0.2, 0) is 0 Å². The normalized spacial score (nSPS) is 15.4. The number of rotatable bonds is 30. The van der Waals surface area contributed by atoms with Gasteiger partial charge in [0.25, 0.3) is 0 Å². The Hall–Kier alpha value is -12.6. The molecular formula is H3N63. The Labute approximate surface area is 330 Å². The lowest BCUT2D eigenvalue weighted by Crippen LogP contribution is -1.70. The molecule has 0 aromatic heterocycles. The molecule has 0 saturated carbocycles. The van der Waals surface area contributed by atoms with Crippen molar-refractivity contribution in [3.8, 4) is 0 Å². The number of nitrogens with zero attached hydrogens (tertiary/aromatic N) is 61. The summed E-state index contributed by atoms with van der Waals surface area (Å²) < 4.78 is 0. The predicted octanol–water partition coefficient (Wildman–Crippen LogP) is 10.9. The Kier molecular flexibility index (Phi) is 39.5. The van der Waals surface area contributed by atoms with Gasteiger partial charge in [0.05, 0.1) is 0 Å². The van der Waals surface area contributed by atoms with Crippen molar-refractivity contribution in [3.63, 3.8) is 0 Å². The van der Waals surface area contributed by atoms with Crippen LogP contribution in [0.4, 0.5) is 0 Å². The first-order valence-electron chi connectivity index (χ1n) is 12.5. The lowest BCUT2D eigenvalue weighted by Gasteiger charge is -1.70. The van der Waals surface area contributed by atoms with Gasteiger partial charge in [-0.1, -0.05) is 5.22 Å². The highest BCUT2D eigenvalue weighted by atomic mass is 15.8. The molecule has 3 N–H and O–H groups in total. The van der Waals surface area contributed by atoms with Crippen LogP contribution in [0.25, 0.3) is 0 Å². The molecule has 63 heteroatoms. The van der Waals surface area contributed by atoms with Crippen molar-refractivity contribution in [2.24, 2.45) is 324 Å². The van der Waals surface area contributed by atoms with Crippen LogP contribution >= 0.6 is 0 Å². The van der Waals surface area contributed by atoms with Gasteiger partial charge in [-0.2, -0.15) is 5.53 Å². The van der Waals surface area contributed by atoms with E-state index in [4.69, 9.17) is 5.53 Å². The van der Waals surface area contributed by atoms with Crippen LogP contribution < -0.4 is 5.84 Å². The van der Waals surface area contributed by atoms with E-state index in [0.717, 1.165) is 0 Å². The van der Waals surface area contributed by atoms with Gasteiger partial charge in [0.1, 0.15) is 0 Å². The van der Waals surface area contributed by atoms with Crippen molar-refractivity contribution < 1.29 is 0 Å². The van der Waals surface area contributed by atoms with E-state index >= 15 is 0 Å². The molecule has 0 rings (SSSR count). The summed E-state index contributed by atoms with van der Waals surface area (Å²) >= 11 is 0. The van der Waals surface area contributed by atoms with Crippen molar-refractivity contribution >= 4 is 0 Å². The molecular weight excluding hydrogens is 882 g/mol. The van der Waals surface area contributed by atoms with Crippen molar-refractivity contribution in [2.75, 3.05) is 0 Å². The second-order valence-electron chi connectivity index (χ2n) is 5.49. The van der Waals surface area contributed by atoms with Crippen LogP contribution in [0.2, 0.25) is 0 Å². The van der Waals surface area contributed by atoms with Gasteiger partial charge in [-0.25, -0.2) is 0 Å². The van der Waals surface area contributed by atoms with Gasteiger partial charge in [0, 0.05) is 235 Å². The maximum absolute atomic E-state index is 6.26. The summed E-state index contributed by atoms with van der Waals surface area (Å²) in [4.78, 5) is 0. The molecule has 0 spiro atoms. The fraction of sp³-hybridized carbons (Fsp3) is 0. The van der Waals surface area contributed by atoms with Crippen molar-refractivity contribution in [2.45, 2.75) is 0 Å². The molecule has 318 valence electrons. The van der Waals surface area contributed by atoms with E-state index in [1.165, 1.54) is 0 Å². The average Bonchev–Trinajstić information content (AvgIpc) is 3.29. The first kappa shape index (κ1) is 50.4. The molecule has 63 heavy (non-hydrogen) atoms. The van der Waals surface area contributed by atoms with Crippen LogP contribution in [0.15, 0.2) is 319 Å². The van der Waals surface area contributed by atoms with Crippen molar-refractivity contribution in [3.05, 3.63) is 0 Å². The smallest absolute Gasteiger partial charge is 0 e. The second-order valence-corrected chi connectivity index (χ2v) is 5.49. The van der Waals surface area contributed by atoms with Gasteiger partial charge < -0.3 is 5.84 Å². The zero-order valence-electron chi connectivity index (χ0n) is 28.4. The molecule has 0 bridgehead atoms. The molecule has 0 aliphatic carbocycles. The maximum Gasteiger partial charge on any atom is 0 e. The number of nitrogens with two attached hydrogens (primary N) is 1. The molecule has 0 aliphatic rings. The standard InChI is InChI=1S/H3N63/c1-3-5-7-9-11-13-15-17-19-21-23-25-27-29-31-33-35-37-39-41-43-45-47-49-51-53-55-57-59-61-63-62-60-58-56-54-52-50-48-46-44-42-40-38-36-34-32-30-28-26-24-22-20-18-16-14-12-10-8-6-4-2/h(H3,1,2,5,6,9,10,13,14,17,18,21,22,25,26,29,30,33,34,37,38,41,42,45,46,49,50,53,54,57,58,61,62). The van der Waals surface area contributed by atoms with Gasteiger partial charge in [0.2, 0.25) is 0 Å². The molecule has 0 fully saturated rings. The van der Waals surface area contributed by atoms with Gasteiger partial charge in [-0.15, -0.1) is 0 Å². The highest BCUT2D eigenvalue weighted by Gasteiger charge is 1.76. The topological polar surface area (TPSA) is 804 Å². The third-order valence-electron chi connectivity index (χ3n) is 2.42. The fourth-order valence-corrected chi connectivity index (χ4v) is 1.06. The van der Waals surface area contributed by atoms with Gasteiger partial charge in [-0.3, -0.25) is 0 Å². The molecule has 0 heterocycles. The van der Waals surface area contributed by atoms with Gasteiger partial charge in [-0.05, 0) is 78.3 Å². The van der Waals surface area contributed by atoms with E-state index in [0.29, 0.717) is 0 Å². The molecule has 0 aromatic carbocycles. The summed E-state index contributed by atoms with van der Waals surface area (Å²) in [5.74, 6) is 4.63. The van der Waals surface area contributed by atoms with E-state index in [1.54, 1.807) is 0 Å². The van der Waals surface area contributed by atoms with Gasteiger partial charge in [0.15, 0.2) is 0 Å². The summed E-state index contributed by atoms with van der Waals surface area (Å²) in [5.41, 5.74) is 6.26. The Bertz CT molecular complexity index is 2100. The number of hydrogen-bond donors (Lipinski definition) is 2. The predicted molar refractivity (Wildman–Crippen MR) is 155 cm³/mol. The monoisotopic (exact) mass is 885 g/mol. The average molecular weight is 885 g/mol. The Balaban J connectivity index is 4.08. The van der Waals surface area contributed by atoms with E-state index in [-0.39, 0.29) is 0 Å². The maximum atomic E-state index is 6.26. The van der Waals surface area contributed by atoms with Crippen LogP contribution in [0, 0.1) is 5.53 Å². The van der Waals surface area contributed by atoms with E-state index < -0.39 is 0 Å². The Morgan fingerprint density at radius 3 is 0.286 bits per heavy atom. The Morgan fingerprint density at radius 2 is 0.206 bits per heavy atom. The summed E-state index contributed by atoms with van der Waals surface area (Å²) in [7, 11) is 0. The van der Waals surface area contributed by atoms with Crippen molar-refractivity contribution in [1.82, 2.24) is 0 Å². The summed E-state index contributed by atoms with van der Waals surface area (Å²) in [6.07, 6.45) is 0. The number of hydrogen-bond acceptors (Lipinski definition) is 2. The molecule has 63 nitrogen and oxygen atoms in total. The first-order chi connectivity index (χ1) is 31.4. The molecule has 0 atom stereocenters. The van der Waals surface area contributed by atoms with Crippen LogP contribution in [0.5, 0.6) is 0 Å². The minimum atomic E-state index is 2.50. The summed E-state index contributed by atoms with van der Waals surface area (Å²) in [5, 5.41) is 181. The second kappa shape index (κ2) is 49.4. The molecule has 0 radical (unpaired) electrons. The van der Waals surface area contributed by atoms with Crippen LogP contribution in [0.1, 0.15) is 0 Å². The lowest BCUT2D eigenvalue weighted by molar-refractivity contribution is 0.724. The molecule has 0 saturated heterocycles. The summed E-state index contributed by atoms with van der Waals surface area (Å²) in [6, 6.07) is 0. The minimum absolute atomic E-state index is 2.50. The van der Waals surface area contributed by atoms with Crippen LogP contribution in [0.3, 0.4) is 0 Å². The zero-order chi connectivity index (χ0) is 45.1. The first-order valence-corrected chi connectivity index (χ1v) is 12.5. The third-order valence-corrected chi connectivity index (χ3v) is 2.42. The molecule has 0 aliphatic heterocycles. The minimum Gasteiger partial charge on any atom is -0.303 e. The van der Waals surface area contributed by atoms with Crippen molar-refractivity contribution in [1.29, 1.82) is 5.53 Å². The Morgan fingerprint density at radius 1 is 0.127 bits per heavy atom. The summed E-state index contributed by atoms with van der Waals surface area (Å²) in [6.45, 7) is 0. The lowest BCUT2D eigenvalue weighted by atomic mass is 12.3. The number of nitrogens with one attached hydrogen (secondary N) is 1. The molecule has 0 aromatic rings. The SMILES string of the molecule is N=N/N=N/N=N/N=N/N=N/N=N/N=N/N=N/N=N/N=N/N=N/N=N/N=N/N=N/N=N/N=N/N=N/N=N/N=N/N=N/N=N/N=N/N=N/N=N/N=N/N=N/N=N/N=N/N=N/N=N/N=N/N.